The Labute approximate surface area is 109 Å². The summed E-state index contributed by atoms with van der Waals surface area (Å²) >= 11 is 0. The third-order valence-corrected chi connectivity index (χ3v) is 3.61. The maximum Gasteiger partial charge on any atom is 0.337 e. The minimum absolute atomic E-state index is 0.0593. The average Bonchev–Trinajstić information content (AvgIpc) is 2.92. The van der Waals surface area contributed by atoms with Crippen molar-refractivity contribution in [2.75, 3.05) is 11.8 Å². The highest BCUT2D eigenvalue weighted by molar-refractivity contribution is 7.92. The van der Waals surface area contributed by atoms with Crippen LogP contribution < -0.4 is 4.72 Å². The van der Waals surface area contributed by atoms with Crippen LogP contribution in [0.25, 0.3) is 0 Å². The molecule has 0 saturated carbocycles. The molecule has 0 amide bonds. The van der Waals surface area contributed by atoms with E-state index in [1.165, 1.54) is 37.8 Å². The van der Waals surface area contributed by atoms with Crippen molar-refractivity contribution in [2.24, 2.45) is 0 Å². The maximum atomic E-state index is 11.9. The number of sulfonamides is 1. The molecule has 0 aliphatic rings. The summed E-state index contributed by atoms with van der Waals surface area (Å²) in [4.78, 5) is 17.5. The van der Waals surface area contributed by atoms with E-state index >= 15 is 0 Å². The fraction of sp³-hybridized carbons (Fsp3) is 0.0909. The van der Waals surface area contributed by atoms with Gasteiger partial charge in [-0.2, -0.15) is 8.42 Å². The lowest BCUT2D eigenvalue weighted by Gasteiger charge is -2.07. The number of carbonyl (C=O) groups is 1. The number of hydrogen-bond acceptors (Lipinski definition) is 5. The van der Waals surface area contributed by atoms with E-state index in [0.717, 1.165) is 0 Å². The number of rotatable bonds is 4. The zero-order valence-corrected chi connectivity index (χ0v) is 10.8. The Morgan fingerprint density at radius 3 is 2.84 bits per heavy atom. The second-order valence-corrected chi connectivity index (χ2v) is 5.24. The van der Waals surface area contributed by atoms with Gasteiger partial charge in [-0.15, -0.1) is 0 Å². The second-order valence-electron chi connectivity index (χ2n) is 3.59. The predicted octanol–water partition coefficient (Wildman–Crippen LogP) is 0.997. The van der Waals surface area contributed by atoms with Crippen molar-refractivity contribution in [2.45, 2.75) is 5.03 Å². The molecule has 7 nitrogen and oxygen atoms in total. The molecule has 0 fully saturated rings. The van der Waals surface area contributed by atoms with Crippen molar-refractivity contribution in [1.82, 2.24) is 9.97 Å². The molecule has 1 heterocycles. The van der Waals surface area contributed by atoms with E-state index in [1.807, 2.05) is 0 Å². The third-order valence-electron chi connectivity index (χ3n) is 2.30. The molecule has 2 N–H and O–H groups in total. The summed E-state index contributed by atoms with van der Waals surface area (Å²) in [5, 5.41) is -0.0593. The summed E-state index contributed by atoms with van der Waals surface area (Å²) in [5.41, 5.74) is 0.518. The molecule has 0 aliphatic heterocycles. The first kappa shape index (κ1) is 13.1. The molecule has 0 atom stereocenters. The molecular formula is C11H11N3O4S. The number of aromatic nitrogens is 2. The maximum absolute atomic E-state index is 11.9. The van der Waals surface area contributed by atoms with Crippen molar-refractivity contribution in [3.05, 3.63) is 42.4 Å². The van der Waals surface area contributed by atoms with E-state index in [9.17, 15) is 13.2 Å². The molecule has 0 saturated heterocycles. The minimum atomic E-state index is -3.74. The van der Waals surface area contributed by atoms with E-state index in [4.69, 9.17) is 0 Å². The van der Waals surface area contributed by atoms with Crippen molar-refractivity contribution in [3.63, 3.8) is 0 Å². The van der Waals surface area contributed by atoms with Crippen molar-refractivity contribution in [1.29, 1.82) is 0 Å². The number of H-pyrrole nitrogens is 1. The average molecular weight is 281 g/mol. The smallest absolute Gasteiger partial charge is 0.337 e. The number of benzene rings is 1. The standard InChI is InChI=1S/C11H11N3O4S/c1-18-11(15)8-3-2-4-9(5-8)14-19(16,17)10-6-12-7-13-10/h2-7,14H,1H3,(H,12,13). The van der Waals surface area contributed by atoms with Crippen molar-refractivity contribution in [3.8, 4) is 0 Å². The van der Waals surface area contributed by atoms with E-state index in [2.05, 4.69) is 19.4 Å². The van der Waals surface area contributed by atoms with Crippen LogP contribution in [0.5, 0.6) is 0 Å². The fourth-order valence-electron chi connectivity index (χ4n) is 1.43. The van der Waals surface area contributed by atoms with Crippen LogP contribution in [0.4, 0.5) is 5.69 Å². The molecule has 0 spiro atoms. The van der Waals surface area contributed by atoms with Gasteiger partial charge in [0.1, 0.15) is 0 Å². The lowest BCUT2D eigenvalue weighted by atomic mass is 10.2. The van der Waals surface area contributed by atoms with E-state index in [-0.39, 0.29) is 16.3 Å². The Hall–Kier alpha value is -2.35. The van der Waals surface area contributed by atoms with Crippen LogP contribution >= 0.6 is 0 Å². The molecule has 2 aromatic rings. The summed E-state index contributed by atoms with van der Waals surface area (Å²) in [5.74, 6) is -0.539. The molecule has 0 bridgehead atoms. The molecule has 0 unspecified atom stereocenters. The zero-order valence-electron chi connectivity index (χ0n) is 9.95. The molecule has 1 aromatic carbocycles. The van der Waals surface area contributed by atoms with Gasteiger partial charge >= 0.3 is 5.97 Å². The zero-order chi connectivity index (χ0) is 13.9. The first-order valence-electron chi connectivity index (χ1n) is 5.22. The largest absolute Gasteiger partial charge is 0.465 e. The first-order chi connectivity index (χ1) is 9.03. The number of hydrogen-bond donors (Lipinski definition) is 2. The molecular weight excluding hydrogens is 270 g/mol. The van der Waals surface area contributed by atoms with Crippen LogP contribution in [-0.2, 0) is 14.8 Å². The lowest BCUT2D eigenvalue weighted by molar-refractivity contribution is 0.0601. The number of methoxy groups -OCH3 is 1. The van der Waals surface area contributed by atoms with Gasteiger partial charge < -0.3 is 9.72 Å². The Bertz CT molecular complexity index is 680. The number of carbonyl (C=O) groups excluding carboxylic acids is 1. The van der Waals surface area contributed by atoms with E-state index in [1.54, 1.807) is 6.07 Å². The summed E-state index contributed by atoms with van der Waals surface area (Å²) in [6.45, 7) is 0. The van der Waals surface area contributed by atoms with Gasteiger partial charge in [-0.1, -0.05) is 6.07 Å². The topological polar surface area (TPSA) is 101 Å². The molecule has 100 valence electrons. The predicted molar refractivity (Wildman–Crippen MR) is 67.2 cm³/mol. The van der Waals surface area contributed by atoms with Crippen molar-refractivity contribution >= 4 is 21.7 Å². The van der Waals surface area contributed by atoms with Crippen molar-refractivity contribution < 1.29 is 17.9 Å². The number of anilines is 1. The summed E-state index contributed by atoms with van der Waals surface area (Å²) < 4.78 is 30.7. The van der Waals surface area contributed by atoms with Gasteiger partial charge in [0, 0.05) is 5.69 Å². The molecule has 19 heavy (non-hydrogen) atoms. The number of nitrogens with one attached hydrogen (secondary N) is 2. The SMILES string of the molecule is COC(=O)c1cccc(NS(=O)(=O)c2cnc[nH]2)c1. The summed E-state index contributed by atoms with van der Waals surface area (Å²) in [7, 11) is -2.49. The van der Waals surface area contributed by atoms with Gasteiger partial charge in [-0.25, -0.2) is 9.78 Å². The number of esters is 1. The highest BCUT2D eigenvalue weighted by Crippen LogP contribution is 2.16. The van der Waals surface area contributed by atoms with Crippen LogP contribution in [0.2, 0.25) is 0 Å². The lowest BCUT2D eigenvalue weighted by Crippen LogP contribution is -2.13. The monoisotopic (exact) mass is 281 g/mol. The Morgan fingerprint density at radius 1 is 1.42 bits per heavy atom. The number of aromatic amines is 1. The Morgan fingerprint density at radius 2 is 2.21 bits per heavy atom. The van der Waals surface area contributed by atoms with Gasteiger partial charge in [0.15, 0.2) is 5.03 Å². The molecule has 8 heteroatoms. The molecule has 2 rings (SSSR count). The highest BCUT2D eigenvalue weighted by Gasteiger charge is 2.16. The van der Waals surface area contributed by atoms with Crippen LogP contribution in [0.15, 0.2) is 41.8 Å². The summed E-state index contributed by atoms with van der Waals surface area (Å²) in [6.07, 6.45) is 2.45. The quantitative estimate of drug-likeness (QED) is 0.814. The Kier molecular flexibility index (Phi) is 3.52. The van der Waals surface area contributed by atoms with E-state index < -0.39 is 16.0 Å². The first-order valence-corrected chi connectivity index (χ1v) is 6.71. The van der Waals surface area contributed by atoms with Crippen LogP contribution in [0.1, 0.15) is 10.4 Å². The molecule has 1 aromatic heterocycles. The highest BCUT2D eigenvalue weighted by atomic mass is 32.2. The van der Waals surface area contributed by atoms with Crippen LogP contribution in [0.3, 0.4) is 0 Å². The Balaban J connectivity index is 2.27. The van der Waals surface area contributed by atoms with Crippen LogP contribution in [-0.4, -0.2) is 31.5 Å². The van der Waals surface area contributed by atoms with Gasteiger partial charge in [0.25, 0.3) is 10.0 Å². The fourth-order valence-corrected chi connectivity index (χ4v) is 2.38. The minimum Gasteiger partial charge on any atom is -0.465 e. The number of ether oxygens (including phenoxy) is 1. The normalized spacial score (nSPS) is 11.0. The van der Waals surface area contributed by atoms with E-state index in [0.29, 0.717) is 0 Å². The van der Waals surface area contributed by atoms with Crippen LogP contribution in [0, 0.1) is 0 Å². The van der Waals surface area contributed by atoms with Gasteiger partial charge in [0.05, 0.1) is 25.2 Å². The second kappa shape index (κ2) is 5.11. The van der Waals surface area contributed by atoms with Gasteiger partial charge in [-0.05, 0) is 18.2 Å². The number of nitrogens with zero attached hydrogens (tertiary/aromatic N) is 1. The summed E-state index contributed by atoms with van der Waals surface area (Å²) in [6, 6.07) is 6.00. The third kappa shape index (κ3) is 2.91. The number of imidazole rings is 1. The molecule has 0 aliphatic carbocycles. The van der Waals surface area contributed by atoms with Gasteiger partial charge in [-0.3, -0.25) is 4.72 Å². The van der Waals surface area contributed by atoms with Gasteiger partial charge in [0.2, 0.25) is 0 Å². The molecule has 0 radical (unpaired) electrons.